The van der Waals surface area contributed by atoms with Gasteiger partial charge in [-0.25, -0.2) is 9.07 Å². The van der Waals surface area contributed by atoms with Crippen LogP contribution in [0.15, 0.2) is 67.0 Å². The number of aryl methyl sites for hydroxylation is 1. The van der Waals surface area contributed by atoms with E-state index in [4.69, 9.17) is 0 Å². The zero-order valence-electron chi connectivity index (χ0n) is 24.3. The third-order valence-electron chi connectivity index (χ3n) is 7.54. The number of para-hydroxylation sites is 1. The van der Waals surface area contributed by atoms with E-state index in [0.717, 1.165) is 43.5 Å². The molecule has 0 bridgehead atoms. The maximum absolute atomic E-state index is 14.6. The molecule has 0 saturated carbocycles. The molecule has 0 aliphatic carbocycles. The summed E-state index contributed by atoms with van der Waals surface area (Å²) in [6.45, 7) is 8.56. The van der Waals surface area contributed by atoms with Crippen LogP contribution in [-0.2, 0) is 17.9 Å². The summed E-state index contributed by atoms with van der Waals surface area (Å²) in [7, 11) is 0. The predicted octanol–water partition coefficient (Wildman–Crippen LogP) is 4.78. The number of benzene rings is 2. The number of aromatic nitrogens is 4. The highest BCUT2D eigenvalue weighted by atomic mass is 19.1. The third kappa shape index (κ3) is 7.17. The maximum atomic E-state index is 14.6. The first-order valence-corrected chi connectivity index (χ1v) is 14.7. The van der Waals surface area contributed by atoms with Gasteiger partial charge in [-0.2, -0.15) is 0 Å². The van der Waals surface area contributed by atoms with Gasteiger partial charge in [-0.05, 0) is 79.9 Å². The van der Waals surface area contributed by atoms with Gasteiger partial charge in [-0.15, -0.1) is 5.10 Å². The standard InChI is InChI=1S/C32H38FN7O2/c1-24(2)22-37-15-6-17-38(31(41)13-19-40-30-10-4-3-9-28(30)35-36-40)23-26-20-27(33)11-12-29(26)39(18-7-16-37)32(42)25-8-5-14-34-21-25/h3-5,8-12,14,20-21,24H,6-7,13,15-19,22-23H2,1-2H3. The van der Waals surface area contributed by atoms with Crippen LogP contribution in [0.2, 0.25) is 0 Å². The molecule has 1 aliphatic rings. The van der Waals surface area contributed by atoms with Gasteiger partial charge in [-0.3, -0.25) is 14.6 Å². The van der Waals surface area contributed by atoms with E-state index in [1.54, 1.807) is 45.1 Å². The Morgan fingerprint density at radius 1 is 0.976 bits per heavy atom. The molecule has 2 aromatic carbocycles. The zero-order valence-corrected chi connectivity index (χ0v) is 24.3. The molecule has 2 amide bonds. The lowest BCUT2D eigenvalue weighted by atomic mass is 10.1. The fourth-order valence-corrected chi connectivity index (χ4v) is 5.61. The molecule has 10 heteroatoms. The molecule has 2 aromatic heterocycles. The molecule has 0 atom stereocenters. The minimum absolute atomic E-state index is 0.0533. The fourth-order valence-electron chi connectivity index (χ4n) is 5.61. The van der Waals surface area contributed by atoms with E-state index in [2.05, 4.69) is 34.0 Å². The molecule has 9 nitrogen and oxygen atoms in total. The summed E-state index contributed by atoms with van der Waals surface area (Å²) in [5, 5.41) is 8.43. The number of hydrogen-bond acceptors (Lipinski definition) is 6. The highest BCUT2D eigenvalue weighted by Gasteiger charge is 2.25. The lowest BCUT2D eigenvalue weighted by Crippen LogP contribution is -2.40. The van der Waals surface area contributed by atoms with Gasteiger partial charge in [0.2, 0.25) is 5.91 Å². The first-order valence-electron chi connectivity index (χ1n) is 14.7. The number of fused-ring (bicyclic) bond motifs is 2. The molecular weight excluding hydrogens is 533 g/mol. The normalized spacial score (nSPS) is 15.3. The monoisotopic (exact) mass is 571 g/mol. The highest BCUT2D eigenvalue weighted by Crippen LogP contribution is 2.27. The van der Waals surface area contributed by atoms with Crippen molar-refractivity contribution in [3.63, 3.8) is 0 Å². The SMILES string of the molecule is CC(C)CN1CCCN(C(=O)CCn2nnc3ccccc32)Cc2cc(F)ccc2N(C(=O)c2cccnc2)CCC1. The number of carbonyl (C=O) groups excluding carboxylic acids is 2. The fraction of sp³-hybridized carbons (Fsp3) is 0.406. The lowest BCUT2D eigenvalue weighted by molar-refractivity contribution is -0.132. The van der Waals surface area contributed by atoms with Gasteiger partial charge in [0, 0.05) is 50.7 Å². The molecule has 42 heavy (non-hydrogen) atoms. The zero-order chi connectivity index (χ0) is 29.5. The van der Waals surface area contributed by atoms with Crippen LogP contribution in [0.5, 0.6) is 0 Å². The van der Waals surface area contributed by atoms with E-state index in [-0.39, 0.29) is 24.8 Å². The molecule has 4 aromatic rings. The Bertz CT molecular complexity index is 1510. The Kier molecular flexibility index (Phi) is 9.53. The second-order valence-corrected chi connectivity index (χ2v) is 11.2. The molecule has 0 radical (unpaired) electrons. The smallest absolute Gasteiger partial charge is 0.259 e. The van der Waals surface area contributed by atoms with E-state index < -0.39 is 5.82 Å². The van der Waals surface area contributed by atoms with Crippen LogP contribution < -0.4 is 4.90 Å². The van der Waals surface area contributed by atoms with E-state index in [9.17, 15) is 14.0 Å². The quantitative estimate of drug-likeness (QED) is 0.331. The summed E-state index contributed by atoms with van der Waals surface area (Å²) in [5.41, 5.74) is 3.34. The molecule has 0 saturated heterocycles. The maximum Gasteiger partial charge on any atom is 0.259 e. The van der Waals surface area contributed by atoms with Crippen molar-refractivity contribution in [3.8, 4) is 0 Å². The summed E-state index contributed by atoms with van der Waals surface area (Å²) in [4.78, 5) is 37.5. The first-order chi connectivity index (χ1) is 20.4. The van der Waals surface area contributed by atoms with Crippen LogP contribution in [0.25, 0.3) is 11.0 Å². The topological polar surface area (TPSA) is 87.5 Å². The number of nitrogens with zero attached hydrogens (tertiary/aromatic N) is 7. The number of halogens is 1. The van der Waals surface area contributed by atoms with Gasteiger partial charge < -0.3 is 14.7 Å². The summed E-state index contributed by atoms with van der Waals surface area (Å²) >= 11 is 0. The molecule has 0 fully saturated rings. The van der Waals surface area contributed by atoms with Crippen molar-refractivity contribution in [2.24, 2.45) is 5.92 Å². The Hall–Kier alpha value is -4.18. The van der Waals surface area contributed by atoms with E-state index in [0.29, 0.717) is 42.4 Å². The number of hydrogen-bond donors (Lipinski definition) is 0. The average Bonchev–Trinajstić information content (AvgIpc) is 3.40. The molecule has 0 spiro atoms. The van der Waals surface area contributed by atoms with Crippen molar-refractivity contribution in [2.45, 2.75) is 46.2 Å². The van der Waals surface area contributed by atoms with Crippen molar-refractivity contribution >= 4 is 28.5 Å². The minimum Gasteiger partial charge on any atom is -0.338 e. The number of pyridine rings is 1. The summed E-state index contributed by atoms with van der Waals surface area (Å²) < 4.78 is 16.4. The van der Waals surface area contributed by atoms with Gasteiger partial charge in [0.15, 0.2) is 0 Å². The molecule has 0 unspecified atom stereocenters. The molecule has 3 heterocycles. The predicted molar refractivity (Wildman–Crippen MR) is 160 cm³/mol. The van der Waals surface area contributed by atoms with Crippen LogP contribution in [-0.4, -0.2) is 74.3 Å². The number of amides is 2. The average molecular weight is 572 g/mol. The summed E-state index contributed by atoms with van der Waals surface area (Å²) in [6.07, 6.45) is 4.98. The first kappa shape index (κ1) is 29.3. The Labute approximate surface area is 245 Å². The Morgan fingerprint density at radius 2 is 1.79 bits per heavy atom. The molecule has 1 aliphatic heterocycles. The van der Waals surface area contributed by atoms with Crippen LogP contribution in [0.1, 0.15) is 49.0 Å². The van der Waals surface area contributed by atoms with Crippen molar-refractivity contribution < 1.29 is 14.0 Å². The van der Waals surface area contributed by atoms with E-state index in [1.165, 1.54) is 12.1 Å². The third-order valence-corrected chi connectivity index (χ3v) is 7.54. The molecule has 0 N–H and O–H groups in total. The van der Waals surface area contributed by atoms with Crippen LogP contribution in [0.3, 0.4) is 0 Å². The Morgan fingerprint density at radius 3 is 2.57 bits per heavy atom. The van der Waals surface area contributed by atoms with Gasteiger partial charge in [0.05, 0.1) is 17.6 Å². The van der Waals surface area contributed by atoms with E-state index in [1.807, 2.05) is 24.3 Å². The second kappa shape index (κ2) is 13.7. The van der Waals surface area contributed by atoms with Gasteiger partial charge in [0.1, 0.15) is 11.3 Å². The lowest BCUT2D eigenvalue weighted by Gasteiger charge is -2.32. The number of rotatable bonds is 6. The summed E-state index contributed by atoms with van der Waals surface area (Å²) in [6, 6.07) is 15.6. The van der Waals surface area contributed by atoms with Gasteiger partial charge in [-0.1, -0.05) is 31.2 Å². The van der Waals surface area contributed by atoms with Crippen LogP contribution in [0.4, 0.5) is 10.1 Å². The molecular formula is C32H38FN7O2. The minimum atomic E-state index is -0.404. The van der Waals surface area contributed by atoms with Crippen molar-refractivity contribution in [1.29, 1.82) is 0 Å². The number of anilines is 1. The van der Waals surface area contributed by atoms with Crippen LogP contribution in [0, 0.1) is 11.7 Å². The largest absolute Gasteiger partial charge is 0.338 e. The summed E-state index contributed by atoms with van der Waals surface area (Å²) in [5.74, 6) is -0.161. The second-order valence-electron chi connectivity index (χ2n) is 11.2. The molecule has 5 rings (SSSR count). The van der Waals surface area contributed by atoms with Gasteiger partial charge >= 0.3 is 0 Å². The van der Waals surface area contributed by atoms with Gasteiger partial charge in [0.25, 0.3) is 5.91 Å². The van der Waals surface area contributed by atoms with Crippen molar-refractivity contribution in [2.75, 3.05) is 37.6 Å². The van der Waals surface area contributed by atoms with Crippen molar-refractivity contribution in [3.05, 3.63) is 83.9 Å². The number of carbonyl (C=O) groups is 2. The van der Waals surface area contributed by atoms with E-state index >= 15 is 0 Å². The highest BCUT2D eigenvalue weighted by molar-refractivity contribution is 6.06. The molecule has 220 valence electrons. The van der Waals surface area contributed by atoms with Crippen LogP contribution >= 0.6 is 0 Å². The Balaban J connectivity index is 1.44. The van der Waals surface area contributed by atoms with Crippen molar-refractivity contribution in [1.82, 2.24) is 29.8 Å².